The predicted octanol–water partition coefficient (Wildman–Crippen LogP) is 2.35. The van der Waals surface area contributed by atoms with Gasteiger partial charge in [0.1, 0.15) is 6.29 Å². The summed E-state index contributed by atoms with van der Waals surface area (Å²) in [4.78, 5) is 10.6. The van der Waals surface area contributed by atoms with Crippen LogP contribution in [0.5, 0.6) is 0 Å². The molecule has 0 amide bonds. The van der Waals surface area contributed by atoms with E-state index in [4.69, 9.17) is 0 Å². The van der Waals surface area contributed by atoms with Crippen LogP contribution in [-0.2, 0) is 11.2 Å². The molecule has 1 fully saturated rings. The second-order valence-corrected chi connectivity index (χ2v) is 4.75. The lowest BCUT2D eigenvalue weighted by molar-refractivity contribution is -0.113. The summed E-state index contributed by atoms with van der Waals surface area (Å²) in [6, 6.07) is 10.2. The summed E-state index contributed by atoms with van der Waals surface area (Å²) in [6.45, 7) is 0. The van der Waals surface area contributed by atoms with Crippen molar-refractivity contribution in [2.45, 2.75) is 37.7 Å². The van der Waals surface area contributed by atoms with Crippen LogP contribution in [-0.4, -0.2) is 17.0 Å². The quantitative estimate of drug-likeness (QED) is 0.788. The van der Waals surface area contributed by atoms with Gasteiger partial charge in [-0.1, -0.05) is 36.8 Å². The summed E-state index contributed by atoms with van der Waals surface area (Å²) in [6.07, 6.45) is 4.84. The summed E-state index contributed by atoms with van der Waals surface area (Å²) in [5.41, 5.74) is 0.496. The predicted molar refractivity (Wildman–Crippen MR) is 63.1 cm³/mol. The summed E-state index contributed by atoms with van der Waals surface area (Å²) in [5.74, 6) is 0.236. The summed E-state index contributed by atoms with van der Waals surface area (Å²) >= 11 is 0. The van der Waals surface area contributed by atoms with Crippen molar-refractivity contribution in [3.05, 3.63) is 35.9 Å². The smallest absolute Gasteiger partial charge is 0.122 e. The van der Waals surface area contributed by atoms with Gasteiger partial charge in [-0.05, 0) is 30.7 Å². The molecule has 0 saturated heterocycles. The van der Waals surface area contributed by atoms with Crippen LogP contribution in [0.15, 0.2) is 30.3 Å². The van der Waals surface area contributed by atoms with Gasteiger partial charge >= 0.3 is 0 Å². The molecule has 2 nitrogen and oxygen atoms in total. The van der Waals surface area contributed by atoms with Crippen molar-refractivity contribution >= 4 is 6.29 Å². The minimum Gasteiger partial charge on any atom is -0.389 e. The molecule has 1 aromatic carbocycles. The highest BCUT2D eigenvalue weighted by Crippen LogP contribution is 2.39. The fourth-order valence-electron chi connectivity index (χ4n) is 2.73. The fourth-order valence-corrected chi connectivity index (χ4v) is 2.73. The fraction of sp³-hybridized carbons (Fsp3) is 0.500. The number of hydrogen-bond acceptors (Lipinski definition) is 2. The lowest BCUT2D eigenvalue weighted by atomic mass is 9.84. The first-order valence-corrected chi connectivity index (χ1v) is 5.94. The number of aldehydes is 1. The van der Waals surface area contributed by atoms with Gasteiger partial charge in [-0.3, -0.25) is 0 Å². The Bertz CT molecular complexity index is 347. The van der Waals surface area contributed by atoms with E-state index in [0.717, 1.165) is 32.0 Å². The molecular formula is C14H18O2. The number of carbonyl (C=O) groups is 1. The van der Waals surface area contributed by atoms with E-state index in [1.165, 1.54) is 5.56 Å². The Hall–Kier alpha value is -1.15. The standard InChI is InChI=1S/C14H18O2/c15-10-9-14(16)8-4-7-13(14)11-12-5-2-1-3-6-12/h1-3,5-6,10,13,16H,4,7-9,11H2. The molecule has 0 aromatic heterocycles. The van der Waals surface area contributed by atoms with E-state index in [2.05, 4.69) is 12.1 Å². The van der Waals surface area contributed by atoms with Crippen molar-refractivity contribution in [1.29, 1.82) is 0 Å². The molecule has 0 aliphatic heterocycles. The molecule has 2 rings (SSSR count). The SMILES string of the molecule is O=CCC1(O)CCCC1Cc1ccccc1. The van der Waals surface area contributed by atoms with Gasteiger partial charge in [0.05, 0.1) is 5.60 Å². The van der Waals surface area contributed by atoms with E-state index in [1.54, 1.807) is 0 Å². The van der Waals surface area contributed by atoms with Crippen molar-refractivity contribution in [3.8, 4) is 0 Å². The minimum absolute atomic E-state index is 0.236. The third-order valence-corrected chi connectivity index (χ3v) is 3.68. The third-order valence-electron chi connectivity index (χ3n) is 3.68. The van der Waals surface area contributed by atoms with E-state index in [-0.39, 0.29) is 12.3 Å². The van der Waals surface area contributed by atoms with Crippen molar-refractivity contribution in [2.75, 3.05) is 0 Å². The number of carbonyl (C=O) groups excluding carboxylic acids is 1. The van der Waals surface area contributed by atoms with Crippen LogP contribution in [0.2, 0.25) is 0 Å². The Balaban J connectivity index is 2.06. The molecule has 0 radical (unpaired) electrons. The molecule has 86 valence electrons. The van der Waals surface area contributed by atoms with Gasteiger partial charge < -0.3 is 9.90 Å². The van der Waals surface area contributed by atoms with Crippen LogP contribution < -0.4 is 0 Å². The largest absolute Gasteiger partial charge is 0.389 e. The van der Waals surface area contributed by atoms with E-state index in [9.17, 15) is 9.90 Å². The molecule has 0 spiro atoms. The van der Waals surface area contributed by atoms with Crippen LogP contribution in [0.25, 0.3) is 0 Å². The monoisotopic (exact) mass is 218 g/mol. The Morgan fingerprint density at radius 1 is 1.38 bits per heavy atom. The van der Waals surface area contributed by atoms with E-state index in [0.29, 0.717) is 0 Å². The second-order valence-electron chi connectivity index (χ2n) is 4.75. The Labute approximate surface area is 96.3 Å². The van der Waals surface area contributed by atoms with Gasteiger partial charge in [0, 0.05) is 6.42 Å². The zero-order chi connectivity index (χ0) is 11.4. The number of aliphatic hydroxyl groups is 1. The molecule has 1 N–H and O–H groups in total. The highest BCUT2D eigenvalue weighted by molar-refractivity contribution is 5.51. The minimum atomic E-state index is -0.752. The maximum atomic E-state index is 10.6. The van der Waals surface area contributed by atoms with Crippen LogP contribution in [0, 0.1) is 5.92 Å². The maximum absolute atomic E-state index is 10.6. The van der Waals surface area contributed by atoms with Gasteiger partial charge in [-0.2, -0.15) is 0 Å². The van der Waals surface area contributed by atoms with Crippen LogP contribution in [0.1, 0.15) is 31.2 Å². The van der Waals surface area contributed by atoms with Crippen molar-refractivity contribution < 1.29 is 9.90 Å². The Kier molecular flexibility index (Phi) is 3.39. The summed E-state index contributed by atoms with van der Waals surface area (Å²) in [5, 5.41) is 10.4. The maximum Gasteiger partial charge on any atom is 0.122 e. The lowest BCUT2D eigenvalue weighted by Crippen LogP contribution is -2.34. The first kappa shape index (κ1) is 11.3. The van der Waals surface area contributed by atoms with E-state index < -0.39 is 5.60 Å². The molecule has 1 aliphatic rings. The highest BCUT2D eigenvalue weighted by Gasteiger charge is 2.40. The molecule has 1 aliphatic carbocycles. The topological polar surface area (TPSA) is 37.3 Å². The molecule has 1 saturated carbocycles. The van der Waals surface area contributed by atoms with Gasteiger partial charge in [0.15, 0.2) is 0 Å². The number of hydrogen-bond donors (Lipinski definition) is 1. The second kappa shape index (κ2) is 4.79. The highest BCUT2D eigenvalue weighted by atomic mass is 16.3. The van der Waals surface area contributed by atoms with Crippen LogP contribution in [0.3, 0.4) is 0 Å². The van der Waals surface area contributed by atoms with Gasteiger partial charge in [0.2, 0.25) is 0 Å². The summed E-state index contributed by atoms with van der Waals surface area (Å²) < 4.78 is 0. The Morgan fingerprint density at radius 3 is 2.81 bits per heavy atom. The van der Waals surface area contributed by atoms with E-state index in [1.807, 2.05) is 18.2 Å². The van der Waals surface area contributed by atoms with Crippen molar-refractivity contribution in [1.82, 2.24) is 0 Å². The molecule has 0 heterocycles. The average Bonchev–Trinajstić information content (AvgIpc) is 2.62. The molecule has 1 aromatic rings. The average molecular weight is 218 g/mol. The van der Waals surface area contributed by atoms with Crippen molar-refractivity contribution in [3.63, 3.8) is 0 Å². The molecule has 2 heteroatoms. The van der Waals surface area contributed by atoms with Gasteiger partial charge in [0.25, 0.3) is 0 Å². The third kappa shape index (κ3) is 2.33. The van der Waals surface area contributed by atoms with Crippen LogP contribution in [0.4, 0.5) is 0 Å². The van der Waals surface area contributed by atoms with E-state index >= 15 is 0 Å². The van der Waals surface area contributed by atoms with Gasteiger partial charge in [-0.25, -0.2) is 0 Å². The first-order chi connectivity index (χ1) is 7.74. The van der Waals surface area contributed by atoms with Crippen LogP contribution >= 0.6 is 0 Å². The first-order valence-electron chi connectivity index (χ1n) is 5.94. The Morgan fingerprint density at radius 2 is 2.12 bits per heavy atom. The molecule has 2 unspecified atom stereocenters. The molecule has 16 heavy (non-hydrogen) atoms. The normalized spacial score (nSPS) is 29.2. The summed E-state index contributed by atoms with van der Waals surface area (Å²) in [7, 11) is 0. The van der Waals surface area contributed by atoms with Gasteiger partial charge in [-0.15, -0.1) is 0 Å². The van der Waals surface area contributed by atoms with Crippen molar-refractivity contribution in [2.24, 2.45) is 5.92 Å². The molecule has 2 atom stereocenters. The molecule has 0 bridgehead atoms. The molecular weight excluding hydrogens is 200 g/mol. The number of rotatable bonds is 4. The zero-order valence-corrected chi connectivity index (χ0v) is 9.43. The zero-order valence-electron chi connectivity index (χ0n) is 9.43. The lowest BCUT2D eigenvalue weighted by Gasteiger charge is -2.28. The number of benzene rings is 1.